The summed E-state index contributed by atoms with van der Waals surface area (Å²) in [6.45, 7) is 0. The molecule has 1 amide bonds. The van der Waals surface area contributed by atoms with Crippen molar-refractivity contribution in [3.8, 4) is 0 Å². The summed E-state index contributed by atoms with van der Waals surface area (Å²) in [5.74, 6) is -0.436. The van der Waals surface area contributed by atoms with E-state index >= 15 is 0 Å². The fraction of sp³-hybridized carbons (Fsp3) is 0.0526. The van der Waals surface area contributed by atoms with Crippen molar-refractivity contribution < 1.29 is 18.0 Å². The van der Waals surface area contributed by atoms with Crippen LogP contribution in [-0.2, 0) is 11.0 Å². The number of fused-ring (bicyclic) bond motifs is 1. The number of anilines is 1. The van der Waals surface area contributed by atoms with Gasteiger partial charge >= 0.3 is 6.18 Å². The number of nitrogens with one attached hydrogen (secondary N) is 1. The summed E-state index contributed by atoms with van der Waals surface area (Å²) in [7, 11) is 0. The van der Waals surface area contributed by atoms with Crippen molar-refractivity contribution in [3.05, 3.63) is 78.0 Å². The highest BCUT2D eigenvalue weighted by molar-refractivity contribution is 6.07. The van der Waals surface area contributed by atoms with Crippen LogP contribution in [0.5, 0.6) is 0 Å². The van der Waals surface area contributed by atoms with Crippen LogP contribution in [0.2, 0.25) is 0 Å². The number of hydrogen-bond acceptors (Lipinski definition) is 2. The van der Waals surface area contributed by atoms with Gasteiger partial charge in [0.2, 0.25) is 5.91 Å². The van der Waals surface area contributed by atoms with Crippen molar-refractivity contribution >= 4 is 28.6 Å². The van der Waals surface area contributed by atoms with E-state index in [0.717, 1.165) is 11.6 Å². The number of pyridine rings is 1. The Morgan fingerprint density at radius 2 is 1.76 bits per heavy atom. The Balaban J connectivity index is 1.89. The van der Waals surface area contributed by atoms with Crippen LogP contribution in [0, 0.1) is 0 Å². The lowest BCUT2D eigenvalue weighted by molar-refractivity contribution is -0.136. The topological polar surface area (TPSA) is 42.0 Å². The van der Waals surface area contributed by atoms with Gasteiger partial charge in [-0.1, -0.05) is 42.5 Å². The molecular weight excluding hydrogens is 329 g/mol. The summed E-state index contributed by atoms with van der Waals surface area (Å²) >= 11 is 0. The summed E-state index contributed by atoms with van der Waals surface area (Å²) in [5.41, 5.74) is 0.0937. The molecule has 0 atom stereocenters. The second kappa shape index (κ2) is 6.76. The molecule has 1 aromatic heterocycles. The fourth-order valence-corrected chi connectivity index (χ4v) is 2.42. The summed E-state index contributed by atoms with van der Waals surface area (Å²) in [6, 6.07) is 14.4. The third-order valence-corrected chi connectivity index (χ3v) is 3.56. The largest absolute Gasteiger partial charge is 0.418 e. The lowest BCUT2D eigenvalue weighted by atomic mass is 10.1. The Hall–Kier alpha value is -3.15. The van der Waals surface area contributed by atoms with Crippen LogP contribution in [-0.4, -0.2) is 10.9 Å². The van der Waals surface area contributed by atoms with Crippen molar-refractivity contribution in [1.29, 1.82) is 0 Å². The number of aromatic nitrogens is 1. The molecule has 1 heterocycles. The second-order valence-corrected chi connectivity index (χ2v) is 5.29. The second-order valence-electron chi connectivity index (χ2n) is 5.29. The highest BCUT2D eigenvalue weighted by atomic mass is 19.4. The van der Waals surface area contributed by atoms with Crippen molar-refractivity contribution in [2.45, 2.75) is 6.18 Å². The molecule has 0 aliphatic rings. The number of halogens is 3. The lowest BCUT2D eigenvalue weighted by Gasteiger charge is -2.12. The Bertz CT molecular complexity index is 934. The van der Waals surface area contributed by atoms with Crippen molar-refractivity contribution in [1.82, 2.24) is 4.98 Å². The van der Waals surface area contributed by atoms with E-state index in [1.165, 1.54) is 30.5 Å². The standard InChI is InChI=1S/C19H13F3N2O/c20-19(21,22)15-8-4-7-14-16(11-12-23-18(14)15)24-17(25)10-9-13-5-2-1-3-6-13/h1-12H,(H,23,24,25)/b10-9+. The van der Waals surface area contributed by atoms with Gasteiger partial charge in [0.15, 0.2) is 0 Å². The Morgan fingerprint density at radius 3 is 2.48 bits per heavy atom. The molecule has 126 valence electrons. The molecule has 0 aliphatic carbocycles. The molecule has 2 aromatic carbocycles. The van der Waals surface area contributed by atoms with E-state index in [1.54, 1.807) is 6.08 Å². The Labute approximate surface area is 141 Å². The zero-order valence-corrected chi connectivity index (χ0v) is 12.9. The number of rotatable bonds is 3. The minimum atomic E-state index is -4.51. The molecule has 0 unspecified atom stereocenters. The maximum absolute atomic E-state index is 13.1. The van der Waals surface area contributed by atoms with Crippen molar-refractivity contribution in [2.75, 3.05) is 5.32 Å². The smallest absolute Gasteiger partial charge is 0.322 e. The number of alkyl halides is 3. The van der Waals surface area contributed by atoms with Crippen LogP contribution in [0.1, 0.15) is 11.1 Å². The van der Waals surface area contributed by atoms with Gasteiger partial charge in [0, 0.05) is 17.7 Å². The summed E-state index contributed by atoms with van der Waals surface area (Å²) in [6.07, 6.45) is -0.314. The molecule has 3 rings (SSSR count). The molecule has 25 heavy (non-hydrogen) atoms. The van der Waals surface area contributed by atoms with E-state index in [0.29, 0.717) is 0 Å². The quantitative estimate of drug-likeness (QED) is 0.688. The first-order chi connectivity index (χ1) is 11.9. The summed E-state index contributed by atoms with van der Waals surface area (Å²) < 4.78 is 39.2. The van der Waals surface area contributed by atoms with Crippen LogP contribution in [0.4, 0.5) is 18.9 Å². The van der Waals surface area contributed by atoms with Gasteiger partial charge in [-0.25, -0.2) is 0 Å². The Kier molecular flexibility index (Phi) is 4.52. The minimum Gasteiger partial charge on any atom is -0.322 e. The predicted octanol–water partition coefficient (Wildman–Crippen LogP) is 4.91. The van der Waals surface area contributed by atoms with Gasteiger partial charge in [0.05, 0.1) is 16.8 Å². The molecule has 1 N–H and O–H groups in total. The zero-order valence-electron chi connectivity index (χ0n) is 12.9. The van der Waals surface area contributed by atoms with Gasteiger partial charge in [-0.05, 0) is 23.8 Å². The van der Waals surface area contributed by atoms with Crippen LogP contribution >= 0.6 is 0 Å². The van der Waals surface area contributed by atoms with Gasteiger partial charge in [-0.3, -0.25) is 9.78 Å². The molecule has 3 nitrogen and oxygen atoms in total. The van der Waals surface area contributed by atoms with Crippen LogP contribution in [0.25, 0.3) is 17.0 Å². The number of nitrogens with zero attached hydrogens (tertiary/aromatic N) is 1. The van der Waals surface area contributed by atoms with E-state index in [4.69, 9.17) is 0 Å². The van der Waals surface area contributed by atoms with Gasteiger partial charge < -0.3 is 5.32 Å². The highest BCUT2D eigenvalue weighted by Crippen LogP contribution is 2.35. The number of carbonyl (C=O) groups excluding carboxylic acids is 1. The molecule has 0 spiro atoms. The normalized spacial score (nSPS) is 11.8. The van der Waals surface area contributed by atoms with E-state index in [1.807, 2.05) is 30.3 Å². The fourth-order valence-electron chi connectivity index (χ4n) is 2.42. The summed E-state index contributed by atoms with van der Waals surface area (Å²) in [4.78, 5) is 15.9. The number of benzene rings is 2. The molecule has 0 saturated carbocycles. The van der Waals surface area contributed by atoms with Gasteiger partial charge in [0.1, 0.15) is 0 Å². The van der Waals surface area contributed by atoms with Gasteiger partial charge in [-0.2, -0.15) is 13.2 Å². The molecular formula is C19H13F3N2O. The van der Waals surface area contributed by atoms with Gasteiger partial charge in [0.25, 0.3) is 0 Å². The third kappa shape index (κ3) is 3.85. The zero-order chi connectivity index (χ0) is 17.9. The highest BCUT2D eigenvalue weighted by Gasteiger charge is 2.33. The minimum absolute atomic E-state index is 0.195. The van der Waals surface area contributed by atoms with Crippen molar-refractivity contribution in [2.24, 2.45) is 0 Å². The first-order valence-corrected chi connectivity index (χ1v) is 7.44. The molecule has 3 aromatic rings. The maximum atomic E-state index is 13.1. The average Bonchev–Trinajstić information content (AvgIpc) is 2.60. The maximum Gasteiger partial charge on any atom is 0.418 e. The molecule has 0 saturated heterocycles. The SMILES string of the molecule is O=C(/C=C/c1ccccc1)Nc1ccnc2c(C(F)(F)F)cccc12. The first-order valence-electron chi connectivity index (χ1n) is 7.44. The number of hydrogen-bond donors (Lipinski definition) is 1. The number of amides is 1. The number of carbonyl (C=O) groups is 1. The van der Waals surface area contributed by atoms with Crippen LogP contribution < -0.4 is 5.32 Å². The van der Waals surface area contributed by atoms with E-state index in [9.17, 15) is 18.0 Å². The van der Waals surface area contributed by atoms with Crippen LogP contribution in [0.15, 0.2) is 66.9 Å². The molecule has 6 heteroatoms. The average molecular weight is 342 g/mol. The summed E-state index contributed by atoms with van der Waals surface area (Å²) in [5, 5.41) is 2.84. The molecule has 0 aliphatic heterocycles. The monoisotopic (exact) mass is 342 g/mol. The third-order valence-electron chi connectivity index (χ3n) is 3.56. The van der Waals surface area contributed by atoms with Gasteiger partial charge in [-0.15, -0.1) is 0 Å². The lowest BCUT2D eigenvalue weighted by Crippen LogP contribution is -2.10. The van der Waals surface area contributed by atoms with Crippen molar-refractivity contribution in [3.63, 3.8) is 0 Å². The van der Waals surface area contributed by atoms with E-state index < -0.39 is 17.6 Å². The first kappa shape index (κ1) is 16.7. The van der Waals surface area contributed by atoms with Crippen LogP contribution in [0.3, 0.4) is 0 Å². The number of para-hydroxylation sites is 1. The predicted molar refractivity (Wildman–Crippen MR) is 90.9 cm³/mol. The van der Waals surface area contributed by atoms with E-state index in [2.05, 4.69) is 10.3 Å². The molecule has 0 radical (unpaired) electrons. The molecule has 0 fully saturated rings. The molecule has 0 bridgehead atoms. The van der Waals surface area contributed by atoms with E-state index in [-0.39, 0.29) is 16.6 Å². The Morgan fingerprint density at radius 1 is 1.00 bits per heavy atom.